The van der Waals surface area contributed by atoms with E-state index in [4.69, 9.17) is 4.74 Å². The average molecular weight is 501 g/mol. The number of amides is 1. The van der Waals surface area contributed by atoms with Gasteiger partial charge in [0, 0.05) is 17.3 Å². The molecule has 0 atom stereocenters. The summed E-state index contributed by atoms with van der Waals surface area (Å²) in [5.74, 6) is 0.544. The van der Waals surface area contributed by atoms with Gasteiger partial charge in [-0.15, -0.1) is 0 Å². The molecule has 0 unspecified atom stereocenters. The number of aromatic nitrogens is 1. The molecule has 182 valence electrons. The summed E-state index contributed by atoms with van der Waals surface area (Å²) in [6.07, 6.45) is 3.05. The van der Waals surface area contributed by atoms with Crippen LogP contribution in [0.15, 0.2) is 113 Å². The summed E-state index contributed by atoms with van der Waals surface area (Å²) in [5.41, 5.74) is 4.29. The minimum atomic E-state index is -3.86. The normalized spacial score (nSPS) is 11.2. The standard InChI is InChI=1S/C27H24N4O4S/c1-35-25-12-6-5-9-23(25)19-29-30-27(32)22-16-14-21(15-17-22)20-31(26-13-7-8-18-28-26)36(33,34)24-10-3-2-4-11-24/h2-19H,20H2,1H3,(H,30,32)/b29-19-. The highest BCUT2D eigenvalue weighted by molar-refractivity contribution is 7.92. The molecule has 3 aromatic carbocycles. The van der Waals surface area contributed by atoms with Crippen LogP contribution in [-0.2, 0) is 16.6 Å². The summed E-state index contributed by atoms with van der Waals surface area (Å²) >= 11 is 0. The highest BCUT2D eigenvalue weighted by Crippen LogP contribution is 2.24. The summed E-state index contributed by atoms with van der Waals surface area (Å²) in [6.45, 7) is 0.0437. The van der Waals surface area contributed by atoms with Crippen LogP contribution in [0.4, 0.5) is 5.82 Å². The zero-order valence-corrected chi connectivity index (χ0v) is 20.3. The fraction of sp³-hybridized carbons (Fsp3) is 0.0741. The van der Waals surface area contributed by atoms with Crippen LogP contribution in [0.1, 0.15) is 21.5 Å². The highest BCUT2D eigenvalue weighted by Gasteiger charge is 2.26. The first-order chi connectivity index (χ1) is 17.5. The monoisotopic (exact) mass is 500 g/mol. The van der Waals surface area contributed by atoms with Crippen LogP contribution < -0.4 is 14.5 Å². The summed E-state index contributed by atoms with van der Waals surface area (Å²) in [5, 5.41) is 4.00. The van der Waals surface area contributed by atoms with Gasteiger partial charge in [0.1, 0.15) is 11.6 Å². The number of hydrazone groups is 1. The average Bonchev–Trinajstić information content (AvgIpc) is 2.93. The van der Waals surface area contributed by atoms with Gasteiger partial charge in [-0.05, 0) is 54.1 Å². The van der Waals surface area contributed by atoms with Gasteiger partial charge in [0.25, 0.3) is 15.9 Å². The van der Waals surface area contributed by atoms with E-state index in [0.717, 1.165) is 5.56 Å². The number of nitrogens with zero attached hydrogens (tertiary/aromatic N) is 3. The molecule has 0 spiro atoms. The van der Waals surface area contributed by atoms with Crippen molar-refractivity contribution in [2.24, 2.45) is 5.10 Å². The molecule has 0 aliphatic carbocycles. The van der Waals surface area contributed by atoms with Crippen molar-refractivity contribution in [3.05, 3.63) is 120 Å². The number of para-hydroxylation sites is 1. The first-order valence-corrected chi connectivity index (χ1v) is 12.5. The number of carbonyl (C=O) groups is 1. The lowest BCUT2D eigenvalue weighted by atomic mass is 10.1. The lowest BCUT2D eigenvalue weighted by molar-refractivity contribution is 0.0955. The SMILES string of the molecule is COc1ccccc1/C=N\NC(=O)c1ccc(CN(c2ccccn2)S(=O)(=O)c2ccccc2)cc1. The lowest BCUT2D eigenvalue weighted by Gasteiger charge is -2.23. The number of hydrogen-bond acceptors (Lipinski definition) is 6. The van der Waals surface area contributed by atoms with Gasteiger partial charge in [0.15, 0.2) is 0 Å². The van der Waals surface area contributed by atoms with Crippen LogP contribution in [0, 0.1) is 0 Å². The van der Waals surface area contributed by atoms with Crippen LogP contribution in [0.25, 0.3) is 0 Å². The Bertz CT molecular complexity index is 1440. The number of sulfonamides is 1. The Morgan fingerprint density at radius 3 is 2.33 bits per heavy atom. The third kappa shape index (κ3) is 5.76. The molecule has 0 saturated heterocycles. The predicted octanol–water partition coefficient (Wildman–Crippen LogP) is 4.25. The molecule has 1 amide bonds. The number of pyridine rings is 1. The molecule has 1 heterocycles. The summed E-state index contributed by atoms with van der Waals surface area (Å²) in [4.78, 5) is 16.9. The molecule has 9 heteroatoms. The van der Waals surface area contributed by atoms with Crippen LogP contribution >= 0.6 is 0 Å². The maximum absolute atomic E-state index is 13.4. The van der Waals surface area contributed by atoms with E-state index in [1.54, 1.807) is 92.2 Å². The first-order valence-electron chi connectivity index (χ1n) is 11.0. The molecule has 4 rings (SSSR count). The highest BCUT2D eigenvalue weighted by atomic mass is 32.2. The van der Waals surface area contributed by atoms with Gasteiger partial charge in [0.05, 0.1) is 24.8 Å². The number of carbonyl (C=O) groups excluding carboxylic acids is 1. The molecule has 0 aliphatic heterocycles. The largest absolute Gasteiger partial charge is 0.496 e. The van der Waals surface area contributed by atoms with Crippen molar-refractivity contribution in [1.29, 1.82) is 0 Å². The van der Waals surface area contributed by atoms with Crippen LogP contribution in [0.3, 0.4) is 0 Å². The fourth-order valence-corrected chi connectivity index (χ4v) is 4.86. The molecule has 0 aliphatic rings. The van der Waals surface area contributed by atoms with Crippen molar-refractivity contribution in [3.8, 4) is 5.75 Å². The molecule has 1 aromatic heterocycles. The molecular weight excluding hydrogens is 476 g/mol. The van der Waals surface area contributed by atoms with Crippen molar-refractivity contribution < 1.29 is 17.9 Å². The Labute approximate surface area is 209 Å². The van der Waals surface area contributed by atoms with Gasteiger partial charge in [-0.2, -0.15) is 5.10 Å². The Balaban J connectivity index is 1.50. The number of methoxy groups -OCH3 is 1. The van der Waals surface area contributed by atoms with E-state index in [-0.39, 0.29) is 11.4 Å². The van der Waals surface area contributed by atoms with Crippen LogP contribution in [-0.4, -0.2) is 32.6 Å². The molecule has 4 aromatic rings. The summed E-state index contributed by atoms with van der Waals surface area (Å²) in [7, 11) is -2.30. The zero-order chi connectivity index (χ0) is 25.4. The van der Waals surface area contributed by atoms with Gasteiger partial charge in [-0.25, -0.2) is 23.1 Å². The van der Waals surface area contributed by atoms with E-state index in [1.807, 2.05) is 18.2 Å². The molecule has 0 saturated carbocycles. The molecule has 36 heavy (non-hydrogen) atoms. The molecular formula is C27H24N4O4S. The molecule has 0 bridgehead atoms. The zero-order valence-electron chi connectivity index (χ0n) is 19.5. The molecule has 0 radical (unpaired) electrons. The number of benzene rings is 3. The molecule has 1 N–H and O–H groups in total. The Morgan fingerprint density at radius 1 is 0.944 bits per heavy atom. The number of nitrogens with one attached hydrogen (secondary N) is 1. The third-order valence-corrected chi connectivity index (χ3v) is 7.05. The van der Waals surface area contributed by atoms with Crippen molar-refractivity contribution in [1.82, 2.24) is 10.4 Å². The van der Waals surface area contributed by atoms with Gasteiger partial charge in [-0.3, -0.25) is 4.79 Å². The second kappa shape index (κ2) is 11.3. The molecule has 0 fully saturated rings. The van der Waals surface area contributed by atoms with Crippen molar-refractivity contribution in [2.45, 2.75) is 11.4 Å². The Morgan fingerprint density at radius 2 is 1.64 bits per heavy atom. The maximum Gasteiger partial charge on any atom is 0.271 e. The number of ether oxygens (including phenoxy) is 1. The topological polar surface area (TPSA) is 101 Å². The fourth-order valence-electron chi connectivity index (χ4n) is 3.44. The van der Waals surface area contributed by atoms with E-state index in [9.17, 15) is 13.2 Å². The maximum atomic E-state index is 13.4. The quantitative estimate of drug-likeness (QED) is 0.274. The summed E-state index contributed by atoms with van der Waals surface area (Å²) in [6, 6.07) is 27.2. The number of rotatable bonds is 9. The lowest BCUT2D eigenvalue weighted by Crippen LogP contribution is -2.31. The number of anilines is 1. The van der Waals surface area contributed by atoms with E-state index in [2.05, 4.69) is 15.5 Å². The second-order valence-electron chi connectivity index (χ2n) is 7.65. The van der Waals surface area contributed by atoms with Gasteiger partial charge >= 0.3 is 0 Å². The van der Waals surface area contributed by atoms with E-state index in [1.165, 1.54) is 10.5 Å². The smallest absolute Gasteiger partial charge is 0.271 e. The van der Waals surface area contributed by atoms with Gasteiger partial charge in [-0.1, -0.05) is 48.5 Å². The minimum absolute atomic E-state index is 0.0437. The third-order valence-electron chi connectivity index (χ3n) is 5.29. The van der Waals surface area contributed by atoms with E-state index < -0.39 is 15.9 Å². The number of hydrogen-bond donors (Lipinski definition) is 1. The van der Waals surface area contributed by atoms with E-state index >= 15 is 0 Å². The van der Waals surface area contributed by atoms with Crippen molar-refractivity contribution in [2.75, 3.05) is 11.4 Å². The van der Waals surface area contributed by atoms with Crippen molar-refractivity contribution in [3.63, 3.8) is 0 Å². The van der Waals surface area contributed by atoms with Gasteiger partial charge in [0.2, 0.25) is 0 Å². The van der Waals surface area contributed by atoms with Gasteiger partial charge < -0.3 is 4.74 Å². The van der Waals surface area contributed by atoms with E-state index in [0.29, 0.717) is 22.7 Å². The molecule has 8 nitrogen and oxygen atoms in total. The predicted molar refractivity (Wildman–Crippen MR) is 139 cm³/mol. The van der Waals surface area contributed by atoms with Crippen LogP contribution in [0.2, 0.25) is 0 Å². The Kier molecular flexibility index (Phi) is 7.72. The Hall–Kier alpha value is -4.50. The second-order valence-corrected chi connectivity index (χ2v) is 9.51. The first kappa shape index (κ1) is 24.6. The summed E-state index contributed by atoms with van der Waals surface area (Å²) < 4.78 is 33.3. The van der Waals surface area contributed by atoms with Crippen LogP contribution in [0.5, 0.6) is 5.75 Å². The van der Waals surface area contributed by atoms with Crippen molar-refractivity contribution >= 4 is 28.0 Å². The minimum Gasteiger partial charge on any atom is -0.496 e.